The molecule has 0 aromatic rings. The molecule has 0 amide bonds. The van der Waals surface area contributed by atoms with Crippen molar-refractivity contribution in [3.63, 3.8) is 0 Å². The van der Waals surface area contributed by atoms with Crippen LogP contribution in [0.1, 0.15) is 66.2 Å². The maximum Gasteiger partial charge on any atom is 0.0865 e. The Balaban J connectivity index is 2.35. The second kappa shape index (κ2) is 4.23. The molecule has 2 rings (SSSR count). The van der Waals surface area contributed by atoms with Crippen LogP contribution in [0.4, 0.5) is 0 Å². The first-order valence-corrected chi connectivity index (χ1v) is 7.38. The molecule has 4 unspecified atom stereocenters. The summed E-state index contributed by atoms with van der Waals surface area (Å²) in [6.45, 7) is 8.80. The van der Waals surface area contributed by atoms with E-state index in [9.17, 15) is 10.4 Å². The van der Waals surface area contributed by atoms with E-state index in [4.69, 9.17) is 0 Å². The first-order valence-electron chi connectivity index (χ1n) is 7.38. The molecule has 4 atom stereocenters. The molecule has 0 aromatic heterocycles. The van der Waals surface area contributed by atoms with Gasteiger partial charge in [0.25, 0.3) is 0 Å². The van der Waals surface area contributed by atoms with Crippen LogP contribution in [0.5, 0.6) is 0 Å². The van der Waals surface area contributed by atoms with Crippen LogP contribution in [-0.4, -0.2) is 10.7 Å². The third-order valence-corrected chi connectivity index (χ3v) is 5.46. The quantitative estimate of drug-likeness (QED) is 0.766. The SMILES string of the molecule is CC1CCCC(C#N)(C2(O)CC(C)(C)CC2C)C1. The Bertz CT molecular complexity index is 370. The second-order valence-electron chi connectivity index (χ2n) is 7.77. The molecule has 0 bridgehead atoms. The summed E-state index contributed by atoms with van der Waals surface area (Å²) in [4.78, 5) is 0. The van der Waals surface area contributed by atoms with Crippen molar-refractivity contribution in [3.05, 3.63) is 0 Å². The number of hydrogen-bond acceptors (Lipinski definition) is 2. The van der Waals surface area contributed by atoms with E-state index in [2.05, 4.69) is 33.8 Å². The number of nitrogens with zero attached hydrogens (tertiary/aromatic N) is 1. The first kappa shape index (κ1) is 13.9. The van der Waals surface area contributed by atoms with E-state index in [0.717, 1.165) is 32.1 Å². The van der Waals surface area contributed by atoms with Gasteiger partial charge in [-0.15, -0.1) is 0 Å². The Hall–Kier alpha value is -0.550. The largest absolute Gasteiger partial charge is 0.388 e. The lowest BCUT2D eigenvalue weighted by molar-refractivity contribution is -0.106. The lowest BCUT2D eigenvalue weighted by atomic mass is 9.58. The van der Waals surface area contributed by atoms with Crippen molar-refractivity contribution in [2.75, 3.05) is 0 Å². The highest BCUT2D eigenvalue weighted by molar-refractivity contribution is 5.18. The van der Waals surface area contributed by atoms with E-state index in [-0.39, 0.29) is 11.3 Å². The maximum absolute atomic E-state index is 11.3. The minimum absolute atomic E-state index is 0.165. The third-order valence-electron chi connectivity index (χ3n) is 5.46. The molecule has 1 N–H and O–H groups in total. The van der Waals surface area contributed by atoms with Crippen molar-refractivity contribution < 1.29 is 5.11 Å². The van der Waals surface area contributed by atoms with E-state index < -0.39 is 11.0 Å². The highest BCUT2D eigenvalue weighted by Crippen LogP contribution is 2.59. The smallest absolute Gasteiger partial charge is 0.0865 e. The Labute approximate surface area is 111 Å². The van der Waals surface area contributed by atoms with E-state index in [1.54, 1.807) is 0 Å². The van der Waals surface area contributed by atoms with Crippen LogP contribution in [0.15, 0.2) is 0 Å². The normalized spacial score (nSPS) is 47.8. The standard InChI is InChI=1S/C16H27NO/c1-12-6-5-7-15(8-12,11-17)16(18)10-14(3,4)9-13(16)2/h12-13,18H,5-10H2,1-4H3. The summed E-state index contributed by atoms with van der Waals surface area (Å²) in [7, 11) is 0. The predicted octanol–water partition coefficient (Wildman–Crippen LogP) is 3.89. The van der Waals surface area contributed by atoms with Gasteiger partial charge in [0.2, 0.25) is 0 Å². The molecule has 0 radical (unpaired) electrons. The molecule has 2 fully saturated rings. The van der Waals surface area contributed by atoms with Crippen molar-refractivity contribution in [1.29, 1.82) is 5.26 Å². The molecule has 2 nitrogen and oxygen atoms in total. The Morgan fingerprint density at radius 3 is 2.33 bits per heavy atom. The van der Waals surface area contributed by atoms with Gasteiger partial charge in [0.1, 0.15) is 0 Å². The van der Waals surface area contributed by atoms with Crippen molar-refractivity contribution in [1.82, 2.24) is 0 Å². The second-order valence-corrected chi connectivity index (χ2v) is 7.77. The molecular weight excluding hydrogens is 222 g/mol. The van der Waals surface area contributed by atoms with Gasteiger partial charge in [0.15, 0.2) is 0 Å². The number of rotatable bonds is 1. The van der Waals surface area contributed by atoms with E-state index >= 15 is 0 Å². The predicted molar refractivity (Wildman–Crippen MR) is 72.8 cm³/mol. The van der Waals surface area contributed by atoms with Crippen LogP contribution < -0.4 is 0 Å². The average Bonchev–Trinajstić information content (AvgIpc) is 2.48. The maximum atomic E-state index is 11.3. The molecule has 18 heavy (non-hydrogen) atoms. The fourth-order valence-corrected chi connectivity index (χ4v) is 4.76. The molecule has 102 valence electrons. The molecule has 0 saturated heterocycles. The lowest BCUT2D eigenvalue weighted by Crippen LogP contribution is -2.52. The minimum Gasteiger partial charge on any atom is -0.388 e. The molecule has 0 aromatic carbocycles. The van der Waals surface area contributed by atoms with Gasteiger partial charge in [-0.05, 0) is 42.9 Å². The third kappa shape index (κ3) is 1.97. The molecule has 2 heteroatoms. The zero-order chi connectivity index (χ0) is 13.6. The molecule has 2 aliphatic carbocycles. The summed E-state index contributed by atoms with van der Waals surface area (Å²) in [6, 6.07) is 2.55. The monoisotopic (exact) mass is 249 g/mol. The summed E-state index contributed by atoms with van der Waals surface area (Å²) in [5.74, 6) is 0.802. The Kier molecular flexibility index (Phi) is 3.26. The van der Waals surface area contributed by atoms with Crippen molar-refractivity contribution in [2.24, 2.45) is 22.7 Å². The van der Waals surface area contributed by atoms with Gasteiger partial charge >= 0.3 is 0 Å². The molecule has 0 heterocycles. The summed E-state index contributed by atoms with van der Waals surface area (Å²) in [6.07, 6.45) is 5.86. The summed E-state index contributed by atoms with van der Waals surface area (Å²) >= 11 is 0. The van der Waals surface area contributed by atoms with Gasteiger partial charge in [-0.25, -0.2) is 0 Å². The molecule has 2 aliphatic rings. The molecule has 0 aliphatic heterocycles. The summed E-state index contributed by atoms with van der Waals surface area (Å²) in [5.41, 5.74) is -1.11. The highest BCUT2D eigenvalue weighted by Gasteiger charge is 2.60. The van der Waals surface area contributed by atoms with Gasteiger partial charge in [-0.3, -0.25) is 0 Å². The zero-order valence-electron chi connectivity index (χ0n) is 12.3. The van der Waals surface area contributed by atoms with E-state index in [1.165, 1.54) is 6.42 Å². The van der Waals surface area contributed by atoms with Gasteiger partial charge in [-0.1, -0.05) is 40.5 Å². The number of nitriles is 1. The molecular formula is C16H27NO. The Morgan fingerprint density at radius 2 is 1.89 bits per heavy atom. The van der Waals surface area contributed by atoms with Gasteiger partial charge in [0.05, 0.1) is 17.1 Å². The van der Waals surface area contributed by atoms with Gasteiger partial charge in [0, 0.05) is 0 Å². The van der Waals surface area contributed by atoms with Crippen molar-refractivity contribution >= 4 is 0 Å². The van der Waals surface area contributed by atoms with Crippen molar-refractivity contribution in [2.45, 2.75) is 71.8 Å². The highest BCUT2D eigenvalue weighted by atomic mass is 16.3. The number of hydrogen-bond donors (Lipinski definition) is 1. The lowest BCUT2D eigenvalue weighted by Gasteiger charge is -2.47. The van der Waals surface area contributed by atoms with Crippen LogP contribution in [0.25, 0.3) is 0 Å². The molecule has 2 saturated carbocycles. The van der Waals surface area contributed by atoms with Crippen LogP contribution in [-0.2, 0) is 0 Å². The summed E-state index contributed by atoms with van der Waals surface area (Å²) < 4.78 is 0. The van der Waals surface area contributed by atoms with Crippen LogP contribution in [0.3, 0.4) is 0 Å². The summed E-state index contributed by atoms with van der Waals surface area (Å²) in [5, 5.41) is 21.0. The fraction of sp³-hybridized carbons (Fsp3) is 0.938. The van der Waals surface area contributed by atoms with Gasteiger partial charge < -0.3 is 5.11 Å². The average molecular weight is 249 g/mol. The van der Waals surface area contributed by atoms with Crippen LogP contribution >= 0.6 is 0 Å². The molecule has 0 spiro atoms. The fourth-order valence-electron chi connectivity index (χ4n) is 4.76. The van der Waals surface area contributed by atoms with E-state index in [0.29, 0.717) is 5.92 Å². The number of aliphatic hydroxyl groups is 1. The topological polar surface area (TPSA) is 44.0 Å². The Morgan fingerprint density at radius 1 is 1.22 bits per heavy atom. The zero-order valence-corrected chi connectivity index (χ0v) is 12.3. The van der Waals surface area contributed by atoms with Gasteiger partial charge in [-0.2, -0.15) is 5.26 Å². The first-order chi connectivity index (χ1) is 8.25. The van der Waals surface area contributed by atoms with Crippen molar-refractivity contribution in [3.8, 4) is 6.07 Å². The van der Waals surface area contributed by atoms with E-state index in [1.807, 2.05) is 0 Å². The van der Waals surface area contributed by atoms with Crippen LogP contribution in [0.2, 0.25) is 0 Å². The van der Waals surface area contributed by atoms with Crippen LogP contribution in [0, 0.1) is 34.0 Å². The minimum atomic E-state index is -0.778.